The number of thiocyanates is 1. The number of carbonyl (C=O) groups is 2. The van der Waals surface area contributed by atoms with E-state index in [2.05, 4.69) is 5.32 Å². The zero-order chi connectivity index (χ0) is 19.3. The third-order valence-electron chi connectivity index (χ3n) is 3.28. The molecule has 2 rings (SSSR count). The summed E-state index contributed by atoms with van der Waals surface area (Å²) in [5.74, 6) is -1.33. The van der Waals surface area contributed by atoms with Crippen molar-refractivity contribution in [3.63, 3.8) is 0 Å². The lowest BCUT2D eigenvalue weighted by Gasteiger charge is -2.11. The Morgan fingerprint density at radius 2 is 2.04 bits per heavy atom. The van der Waals surface area contributed by atoms with Crippen LogP contribution in [0.4, 0.5) is 11.4 Å². The van der Waals surface area contributed by atoms with E-state index in [1.807, 2.05) is 5.40 Å². The van der Waals surface area contributed by atoms with Gasteiger partial charge in [-0.15, -0.1) is 0 Å². The highest BCUT2D eigenvalue weighted by Crippen LogP contribution is 2.28. The summed E-state index contributed by atoms with van der Waals surface area (Å²) in [5.41, 5.74) is 7.07. The van der Waals surface area contributed by atoms with Crippen molar-refractivity contribution in [2.75, 3.05) is 17.7 Å². The Kier molecular flexibility index (Phi) is 6.75. The molecule has 0 aliphatic carbocycles. The number of esters is 1. The number of nitrogens with one attached hydrogen (secondary N) is 1. The Labute approximate surface area is 164 Å². The van der Waals surface area contributed by atoms with Gasteiger partial charge in [-0.2, -0.15) is 5.26 Å². The Balaban J connectivity index is 1.99. The third-order valence-corrected chi connectivity index (χ3v) is 4.40. The fourth-order valence-corrected chi connectivity index (χ4v) is 3.01. The van der Waals surface area contributed by atoms with Crippen molar-refractivity contribution in [1.29, 1.82) is 5.26 Å². The first-order valence-corrected chi connectivity index (χ1v) is 8.77. The first-order valence-electron chi connectivity index (χ1n) is 7.20. The lowest BCUT2D eigenvalue weighted by Crippen LogP contribution is -2.21. The number of aryl methyl sites for hydroxylation is 1. The highest BCUT2D eigenvalue weighted by molar-refractivity contribution is 8.03. The average molecular weight is 410 g/mol. The lowest BCUT2D eigenvalue weighted by atomic mass is 10.2. The monoisotopic (exact) mass is 409 g/mol. The lowest BCUT2D eigenvalue weighted by molar-refractivity contribution is -0.119. The molecule has 9 heteroatoms. The minimum absolute atomic E-state index is 0.00985. The van der Waals surface area contributed by atoms with Crippen LogP contribution >= 0.6 is 35.0 Å². The maximum atomic E-state index is 12.1. The molecule has 0 aliphatic heterocycles. The average Bonchev–Trinajstić information content (AvgIpc) is 2.58. The molecule has 0 fully saturated rings. The fraction of sp³-hybridized carbons (Fsp3) is 0.118. The molecule has 0 unspecified atom stereocenters. The second kappa shape index (κ2) is 8.81. The van der Waals surface area contributed by atoms with E-state index in [0.717, 1.165) is 22.2 Å². The molecule has 0 bridgehead atoms. The molecule has 0 spiro atoms. The van der Waals surface area contributed by atoms with Gasteiger partial charge in [0.1, 0.15) is 5.40 Å². The highest BCUT2D eigenvalue weighted by atomic mass is 35.5. The maximum Gasteiger partial charge on any atom is 0.340 e. The van der Waals surface area contributed by atoms with Crippen LogP contribution in [0.15, 0.2) is 35.2 Å². The summed E-state index contributed by atoms with van der Waals surface area (Å²) >= 11 is 12.7. The molecule has 0 saturated carbocycles. The van der Waals surface area contributed by atoms with Crippen molar-refractivity contribution in [2.45, 2.75) is 11.8 Å². The Hall–Kier alpha value is -2.40. The normalized spacial score (nSPS) is 10.1. The van der Waals surface area contributed by atoms with Crippen LogP contribution < -0.4 is 11.1 Å². The zero-order valence-electron chi connectivity index (χ0n) is 13.5. The first-order chi connectivity index (χ1) is 12.3. The number of ether oxygens (including phenoxy) is 1. The third kappa shape index (κ3) is 5.05. The minimum Gasteiger partial charge on any atom is -0.452 e. The van der Waals surface area contributed by atoms with E-state index in [-0.39, 0.29) is 21.3 Å². The summed E-state index contributed by atoms with van der Waals surface area (Å²) in [7, 11) is 0. The van der Waals surface area contributed by atoms with Crippen LogP contribution in [-0.2, 0) is 9.53 Å². The minimum atomic E-state index is -0.806. The van der Waals surface area contributed by atoms with Gasteiger partial charge in [0.2, 0.25) is 0 Å². The van der Waals surface area contributed by atoms with Crippen LogP contribution in [0.3, 0.4) is 0 Å². The molecule has 26 heavy (non-hydrogen) atoms. The Bertz CT molecular complexity index is 913. The number of hydrogen-bond donors (Lipinski definition) is 2. The van der Waals surface area contributed by atoms with E-state index in [1.165, 1.54) is 12.1 Å². The van der Waals surface area contributed by atoms with Gasteiger partial charge < -0.3 is 15.8 Å². The van der Waals surface area contributed by atoms with E-state index < -0.39 is 18.5 Å². The summed E-state index contributed by atoms with van der Waals surface area (Å²) in [6.07, 6.45) is 0. The summed E-state index contributed by atoms with van der Waals surface area (Å²) < 4.78 is 4.96. The number of nitriles is 1. The van der Waals surface area contributed by atoms with Crippen molar-refractivity contribution >= 4 is 58.2 Å². The molecule has 0 saturated heterocycles. The molecule has 1 amide bonds. The van der Waals surface area contributed by atoms with Crippen molar-refractivity contribution in [2.24, 2.45) is 0 Å². The van der Waals surface area contributed by atoms with Crippen LogP contribution in [0.25, 0.3) is 0 Å². The number of hydrogen-bond acceptors (Lipinski definition) is 6. The first kappa shape index (κ1) is 19.9. The fourth-order valence-electron chi connectivity index (χ4n) is 2.04. The molecule has 2 aromatic carbocycles. The smallest absolute Gasteiger partial charge is 0.340 e. The Morgan fingerprint density at radius 1 is 1.31 bits per heavy atom. The molecule has 3 N–H and O–H groups in total. The molecule has 6 nitrogen and oxygen atoms in total. The highest BCUT2D eigenvalue weighted by Gasteiger charge is 2.17. The van der Waals surface area contributed by atoms with Gasteiger partial charge in [0.25, 0.3) is 5.91 Å². The summed E-state index contributed by atoms with van der Waals surface area (Å²) in [6.45, 7) is 1.29. The zero-order valence-corrected chi connectivity index (χ0v) is 15.8. The number of carbonyl (C=O) groups excluding carboxylic acids is 2. The van der Waals surface area contributed by atoms with Crippen LogP contribution in [-0.4, -0.2) is 18.5 Å². The van der Waals surface area contributed by atoms with Gasteiger partial charge in [0.15, 0.2) is 6.61 Å². The summed E-state index contributed by atoms with van der Waals surface area (Å²) in [4.78, 5) is 24.8. The molecule has 134 valence electrons. The quantitative estimate of drug-likeness (QED) is 0.330. The molecule has 2 aromatic rings. The van der Waals surface area contributed by atoms with Gasteiger partial charge in [-0.25, -0.2) is 4.79 Å². The van der Waals surface area contributed by atoms with E-state index in [1.54, 1.807) is 25.1 Å². The molecule has 0 aliphatic rings. The molecular weight excluding hydrogens is 397 g/mol. The van der Waals surface area contributed by atoms with E-state index >= 15 is 0 Å². The van der Waals surface area contributed by atoms with E-state index in [4.69, 9.17) is 38.9 Å². The molecule has 0 atom stereocenters. The van der Waals surface area contributed by atoms with Gasteiger partial charge in [-0.3, -0.25) is 4.79 Å². The number of thioether (sulfide) groups is 1. The van der Waals surface area contributed by atoms with Crippen LogP contribution in [0.1, 0.15) is 15.9 Å². The van der Waals surface area contributed by atoms with E-state index in [0.29, 0.717) is 5.69 Å². The largest absolute Gasteiger partial charge is 0.452 e. The number of anilines is 2. The number of nitrogen functional groups attached to an aromatic ring is 1. The van der Waals surface area contributed by atoms with Crippen LogP contribution in [0.5, 0.6) is 0 Å². The number of halogens is 2. The number of benzene rings is 2. The number of amides is 1. The SMILES string of the molecule is Cc1cc(SC#N)ccc1NC(=O)COC(=O)c1cc(Cl)cc(Cl)c1N. The van der Waals surface area contributed by atoms with Crippen LogP contribution in [0.2, 0.25) is 10.0 Å². The standard InChI is InChI=1S/C17H13Cl2N3O3S/c1-9-4-11(26-8-20)2-3-14(9)22-15(23)7-25-17(24)12-5-10(18)6-13(19)16(12)21/h2-6H,7,21H2,1H3,(H,22,23). The predicted molar refractivity (Wildman–Crippen MR) is 102 cm³/mol. The topological polar surface area (TPSA) is 105 Å². The number of nitrogens with two attached hydrogens (primary N) is 1. The molecule has 0 radical (unpaired) electrons. The van der Waals surface area contributed by atoms with Gasteiger partial charge in [-0.1, -0.05) is 23.2 Å². The van der Waals surface area contributed by atoms with Gasteiger partial charge in [0.05, 0.1) is 16.3 Å². The van der Waals surface area contributed by atoms with Gasteiger partial charge in [-0.05, 0) is 54.6 Å². The van der Waals surface area contributed by atoms with Crippen molar-refractivity contribution < 1.29 is 14.3 Å². The second-order valence-electron chi connectivity index (χ2n) is 5.14. The predicted octanol–water partition coefficient (Wildman–Crippen LogP) is 4.25. The van der Waals surface area contributed by atoms with E-state index in [9.17, 15) is 9.59 Å². The molecular formula is C17H13Cl2N3O3S. The molecule has 0 heterocycles. The number of rotatable bonds is 5. The maximum absolute atomic E-state index is 12.1. The van der Waals surface area contributed by atoms with Gasteiger partial charge in [0, 0.05) is 15.6 Å². The summed E-state index contributed by atoms with van der Waals surface area (Å²) in [6, 6.07) is 7.86. The second-order valence-corrected chi connectivity index (χ2v) is 6.84. The number of nitrogens with zero attached hydrogens (tertiary/aromatic N) is 1. The van der Waals surface area contributed by atoms with Crippen LogP contribution in [0, 0.1) is 17.6 Å². The van der Waals surface area contributed by atoms with Gasteiger partial charge >= 0.3 is 5.97 Å². The summed E-state index contributed by atoms with van der Waals surface area (Å²) in [5, 5.41) is 13.6. The van der Waals surface area contributed by atoms with Crippen molar-refractivity contribution in [1.82, 2.24) is 0 Å². The molecule has 0 aromatic heterocycles. The van der Waals surface area contributed by atoms with Crippen molar-refractivity contribution in [3.05, 3.63) is 51.5 Å². The van der Waals surface area contributed by atoms with Crippen molar-refractivity contribution in [3.8, 4) is 5.40 Å². The Morgan fingerprint density at radius 3 is 2.69 bits per heavy atom.